The molecule has 2 aromatic heterocycles. The van der Waals surface area contributed by atoms with E-state index in [4.69, 9.17) is 14.9 Å². The lowest BCUT2D eigenvalue weighted by molar-refractivity contribution is -0.134. The third-order valence-electron chi connectivity index (χ3n) is 4.52. The third kappa shape index (κ3) is 4.12. The fraction of sp³-hybridized carbons (Fsp3) is 0.588. The Bertz CT molecular complexity index is 739. The van der Waals surface area contributed by atoms with Gasteiger partial charge < -0.3 is 10.0 Å². The molecular formula is C17H24N6O2. The maximum absolute atomic E-state index is 9.00. The standard InChI is InChI=1S/C15H20N6.C2H4O2/c1-10-9-16-18-15(11(10)2)20-6-5-13-17-14(12-3-4-12)19-21(13)8-7-20;1-2(3)4/h9,12H,3-8H2,1-2H3;1H3,(H,3,4). The van der Waals surface area contributed by atoms with Gasteiger partial charge in [-0.25, -0.2) is 9.67 Å². The molecule has 0 aromatic carbocycles. The summed E-state index contributed by atoms with van der Waals surface area (Å²) < 4.78 is 2.09. The van der Waals surface area contributed by atoms with Gasteiger partial charge in [0.25, 0.3) is 5.97 Å². The van der Waals surface area contributed by atoms with Crippen molar-refractivity contribution in [3.63, 3.8) is 0 Å². The zero-order valence-corrected chi connectivity index (χ0v) is 14.9. The van der Waals surface area contributed by atoms with Crippen LogP contribution >= 0.6 is 0 Å². The summed E-state index contributed by atoms with van der Waals surface area (Å²) in [5.41, 5.74) is 2.41. The van der Waals surface area contributed by atoms with Gasteiger partial charge in [-0.15, -0.1) is 5.10 Å². The van der Waals surface area contributed by atoms with E-state index in [0.717, 1.165) is 50.4 Å². The highest BCUT2D eigenvalue weighted by atomic mass is 16.4. The molecule has 4 rings (SSSR count). The monoisotopic (exact) mass is 344 g/mol. The second-order valence-corrected chi connectivity index (χ2v) is 6.62. The quantitative estimate of drug-likeness (QED) is 0.886. The van der Waals surface area contributed by atoms with E-state index in [9.17, 15) is 0 Å². The van der Waals surface area contributed by atoms with E-state index >= 15 is 0 Å². The first kappa shape index (κ1) is 17.3. The summed E-state index contributed by atoms with van der Waals surface area (Å²) in [6, 6.07) is 0. The molecule has 2 aliphatic rings. The highest BCUT2D eigenvalue weighted by molar-refractivity contribution is 5.62. The number of carbonyl (C=O) groups is 1. The van der Waals surface area contributed by atoms with Gasteiger partial charge in [-0.3, -0.25) is 4.79 Å². The Balaban J connectivity index is 0.000000415. The molecule has 134 valence electrons. The van der Waals surface area contributed by atoms with Crippen LogP contribution in [0.4, 0.5) is 5.82 Å². The van der Waals surface area contributed by atoms with Gasteiger partial charge in [0.15, 0.2) is 11.6 Å². The number of nitrogens with zero attached hydrogens (tertiary/aromatic N) is 6. The number of hydrogen-bond acceptors (Lipinski definition) is 6. The second-order valence-electron chi connectivity index (χ2n) is 6.62. The van der Waals surface area contributed by atoms with Gasteiger partial charge in [-0.2, -0.15) is 10.2 Å². The minimum atomic E-state index is -0.833. The van der Waals surface area contributed by atoms with E-state index in [1.807, 2.05) is 6.20 Å². The number of hydrogen-bond donors (Lipinski definition) is 1. The van der Waals surface area contributed by atoms with Crippen molar-refractivity contribution >= 4 is 11.8 Å². The van der Waals surface area contributed by atoms with Crippen LogP contribution in [0, 0.1) is 13.8 Å². The Morgan fingerprint density at radius 3 is 2.64 bits per heavy atom. The molecule has 1 aliphatic heterocycles. The summed E-state index contributed by atoms with van der Waals surface area (Å²) >= 11 is 0. The fourth-order valence-electron chi connectivity index (χ4n) is 2.86. The van der Waals surface area contributed by atoms with Crippen LogP contribution in [0.3, 0.4) is 0 Å². The van der Waals surface area contributed by atoms with Gasteiger partial charge in [-0.1, -0.05) is 0 Å². The molecule has 0 radical (unpaired) electrons. The minimum Gasteiger partial charge on any atom is -0.481 e. The number of aryl methyl sites for hydroxylation is 1. The van der Waals surface area contributed by atoms with Gasteiger partial charge in [0.1, 0.15) is 5.82 Å². The van der Waals surface area contributed by atoms with Crippen molar-refractivity contribution in [3.05, 3.63) is 29.0 Å². The molecule has 0 saturated heterocycles. The number of anilines is 1. The average Bonchev–Trinajstić information content (AvgIpc) is 3.35. The smallest absolute Gasteiger partial charge is 0.300 e. The number of fused-ring (bicyclic) bond motifs is 1. The molecule has 1 aliphatic carbocycles. The van der Waals surface area contributed by atoms with Crippen molar-refractivity contribution in [2.24, 2.45) is 0 Å². The lowest BCUT2D eigenvalue weighted by atomic mass is 10.2. The third-order valence-corrected chi connectivity index (χ3v) is 4.52. The molecule has 0 spiro atoms. The highest BCUT2D eigenvalue weighted by Crippen LogP contribution is 2.38. The van der Waals surface area contributed by atoms with Crippen LogP contribution in [0.5, 0.6) is 0 Å². The number of aromatic nitrogens is 5. The normalized spacial score (nSPS) is 16.5. The predicted octanol–water partition coefficient (Wildman–Crippen LogP) is 1.72. The molecule has 0 bridgehead atoms. The molecule has 8 nitrogen and oxygen atoms in total. The summed E-state index contributed by atoms with van der Waals surface area (Å²) in [5.74, 6) is 2.98. The molecule has 8 heteroatoms. The van der Waals surface area contributed by atoms with Crippen molar-refractivity contribution in [2.45, 2.75) is 52.5 Å². The summed E-state index contributed by atoms with van der Waals surface area (Å²) in [6.45, 7) is 8.01. The molecule has 0 atom stereocenters. The lowest BCUT2D eigenvalue weighted by Crippen LogP contribution is -2.29. The number of carboxylic acids is 1. The summed E-state index contributed by atoms with van der Waals surface area (Å²) in [4.78, 5) is 16.0. The molecule has 0 unspecified atom stereocenters. The first-order valence-electron chi connectivity index (χ1n) is 8.62. The Labute approximate surface area is 146 Å². The Hall–Kier alpha value is -2.51. The topological polar surface area (TPSA) is 97.0 Å². The van der Waals surface area contributed by atoms with Crippen molar-refractivity contribution < 1.29 is 9.90 Å². The number of aliphatic carboxylic acids is 1. The summed E-state index contributed by atoms with van der Waals surface area (Å²) in [6.07, 6.45) is 5.27. The van der Waals surface area contributed by atoms with Crippen molar-refractivity contribution in [3.8, 4) is 0 Å². The molecule has 25 heavy (non-hydrogen) atoms. The number of rotatable bonds is 2. The summed E-state index contributed by atoms with van der Waals surface area (Å²) in [7, 11) is 0. The van der Waals surface area contributed by atoms with Gasteiger partial charge in [0.2, 0.25) is 0 Å². The van der Waals surface area contributed by atoms with Crippen molar-refractivity contribution in [1.82, 2.24) is 25.0 Å². The fourth-order valence-corrected chi connectivity index (χ4v) is 2.86. The van der Waals surface area contributed by atoms with Crippen LogP contribution in [0.1, 0.15) is 48.5 Å². The Morgan fingerprint density at radius 2 is 1.96 bits per heavy atom. The first-order valence-corrected chi connectivity index (χ1v) is 8.62. The second kappa shape index (κ2) is 7.16. The molecule has 1 fully saturated rings. The van der Waals surface area contributed by atoms with Crippen molar-refractivity contribution in [1.29, 1.82) is 0 Å². The van der Waals surface area contributed by atoms with Crippen LogP contribution < -0.4 is 4.90 Å². The van der Waals surface area contributed by atoms with Gasteiger partial charge in [0, 0.05) is 32.4 Å². The maximum Gasteiger partial charge on any atom is 0.300 e. The molecule has 3 heterocycles. The summed E-state index contributed by atoms with van der Waals surface area (Å²) in [5, 5.41) is 20.5. The molecule has 1 saturated carbocycles. The van der Waals surface area contributed by atoms with Gasteiger partial charge in [-0.05, 0) is 37.8 Å². The lowest BCUT2D eigenvalue weighted by Gasteiger charge is -2.22. The molecule has 0 amide bonds. The van der Waals surface area contributed by atoms with Crippen LogP contribution in [0.25, 0.3) is 0 Å². The molecule has 2 aromatic rings. The van der Waals surface area contributed by atoms with Crippen LogP contribution in [0.2, 0.25) is 0 Å². The molecular weight excluding hydrogens is 320 g/mol. The predicted molar refractivity (Wildman–Crippen MR) is 92.7 cm³/mol. The highest BCUT2D eigenvalue weighted by Gasteiger charge is 2.29. The first-order chi connectivity index (χ1) is 12.0. The Morgan fingerprint density at radius 1 is 1.24 bits per heavy atom. The van der Waals surface area contributed by atoms with E-state index in [0.29, 0.717) is 5.92 Å². The van der Waals surface area contributed by atoms with Crippen molar-refractivity contribution in [2.75, 3.05) is 18.0 Å². The van der Waals surface area contributed by atoms with E-state index in [1.165, 1.54) is 24.0 Å². The SMILES string of the molecule is CC(=O)O.Cc1cnnc(N2CCc3nc(C4CC4)nn3CC2)c1C. The average molecular weight is 344 g/mol. The van der Waals surface area contributed by atoms with Crippen LogP contribution in [-0.2, 0) is 17.8 Å². The van der Waals surface area contributed by atoms with Crippen LogP contribution in [-0.4, -0.2) is 49.1 Å². The van der Waals surface area contributed by atoms with E-state index < -0.39 is 5.97 Å². The largest absolute Gasteiger partial charge is 0.481 e. The zero-order valence-electron chi connectivity index (χ0n) is 14.9. The van der Waals surface area contributed by atoms with Crippen LogP contribution in [0.15, 0.2) is 6.20 Å². The maximum atomic E-state index is 9.00. The van der Waals surface area contributed by atoms with E-state index in [1.54, 1.807) is 0 Å². The minimum absolute atomic E-state index is 0.630. The van der Waals surface area contributed by atoms with Gasteiger partial charge in [0.05, 0.1) is 12.7 Å². The van der Waals surface area contributed by atoms with Gasteiger partial charge >= 0.3 is 0 Å². The van der Waals surface area contributed by atoms with E-state index in [2.05, 4.69) is 38.7 Å². The van der Waals surface area contributed by atoms with E-state index in [-0.39, 0.29) is 0 Å². The number of carboxylic acid groups (broad SMARTS) is 1. The Kier molecular flexibility index (Phi) is 4.96. The zero-order chi connectivity index (χ0) is 18.0. The molecule has 1 N–H and O–H groups in total.